The van der Waals surface area contributed by atoms with Crippen LogP contribution in [0.2, 0.25) is 0 Å². The topological polar surface area (TPSA) is 150 Å². The van der Waals surface area contributed by atoms with Gasteiger partial charge in [-0.15, -0.1) is 0 Å². The predicted molar refractivity (Wildman–Crippen MR) is 119 cm³/mol. The molecule has 2 heterocycles. The minimum atomic E-state index is -1.49. The Kier molecular flexibility index (Phi) is 7.33. The van der Waals surface area contributed by atoms with Crippen LogP contribution in [0.25, 0.3) is 6.08 Å². The van der Waals surface area contributed by atoms with Gasteiger partial charge in [0, 0.05) is 31.4 Å². The maximum absolute atomic E-state index is 15.7. The van der Waals surface area contributed by atoms with Crippen LogP contribution < -0.4 is 11.1 Å². The number of nitriles is 1. The summed E-state index contributed by atoms with van der Waals surface area (Å²) >= 11 is 0. The number of phenolic OH excluding ortho intramolecular Hbond substituents is 1. The van der Waals surface area contributed by atoms with Crippen molar-refractivity contribution in [2.45, 2.75) is 37.3 Å². The number of hydrogen-bond acceptors (Lipinski definition) is 8. The number of hydrogen-bond donors (Lipinski definition) is 4. The number of nitrogens with one attached hydrogen (secondary N) is 1. The summed E-state index contributed by atoms with van der Waals surface area (Å²) in [7, 11) is 1.17. The molecule has 3 atom stereocenters. The highest BCUT2D eigenvalue weighted by atomic mass is 19.1. The largest absolute Gasteiger partial charge is 0.507 e. The van der Waals surface area contributed by atoms with E-state index in [2.05, 4.69) is 21.7 Å². The number of rotatable bonds is 7. The quantitative estimate of drug-likeness (QED) is 0.461. The Labute approximate surface area is 190 Å². The molecule has 33 heavy (non-hydrogen) atoms. The van der Waals surface area contributed by atoms with Crippen molar-refractivity contribution in [3.8, 4) is 11.8 Å². The van der Waals surface area contributed by atoms with Crippen LogP contribution >= 0.6 is 0 Å². The number of methoxy groups -OCH3 is 1. The Morgan fingerprint density at radius 1 is 1.61 bits per heavy atom. The normalized spacial score (nSPS) is 21.7. The number of halogens is 1. The summed E-state index contributed by atoms with van der Waals surface area (Å²) in [5.41, 5.74) is 5.78. The Hall–Kier alpha value is -3.46. The zero-order valence-corrected chi connectivity index (χ0v) is 18.2. The van der Waals surface area contributed by atoms with E-state index in [9.17, 15) is 20.3 Å². The highest BCUT2D eigenvalue weighted by Crippen LogP contribution is 2.38. The molecule has 1 amide bonds. The highest BCUT2D eigenvalue weighted by molar-refractivity contribution is 5.84. The lowest BCUT2D eigenvalue weighted by atomic mass is 9.83. The molecule has 0 saturated carbocycles. The van der Waals surface area contributed by atoms with Gasteiger partial charge in [0.15, 0.2) is 5.82 Å². The van der Waals surface area contributed by atoms with Crippen molar-refractivity contribution in [2.75, 3.05) is 25.5 Å². The van der Waals surface area contributed by atoms with E-state index < -0.39 is 24.0 Å². The monoisotopic (exact) mass is 458 g/mol. The van der Waals surface area contributed by atoms with Gasteiger partial charge in [0.1, 0.15) is 23.7 Å². The van der Waals surface area contributed by atoms with E-state index in [1.165, 1.54) is 18.0 Å². The Morgan fingerprint density at radius 2 is 2.36 bits per heavy atom. The zero-order chi connectivity index (χ0) is 24.2. The van der Waals surface area contributed by atoms with E-state index in [1.54, 1.807) is 18.2 Å². The summed E-state index contributed by atoms with van der Waals surface area (Å²) in [5.74, 6) is 0.0340. The van der Waals surface area contributed by atoms with E-state index in [1.807, 2.05) is 17.0 Å². The summed E-state index contributed by atoms with van der Waals surface area (Å²) in [4.78, 5) is 13.5. The van der Waals surface area contributed by atoms with Gasteiger partial charge in [0.05, 0.1) is 25.2 Å². The summed E-state index contributed by atoms with van der Waals surface area (Å²) < 4.78 is 21.5. The van der Waals surface area contributed by atoms with Crippen molar-refractivity contribution in [2.24, 2.45) is 5.73 Å². The lowest BCUT2D eigenvalue weighted by Crippen LogP contribution is -2.54. The van der Waals surface area contributed by atoms with Gasteiger partial charge in [-0.25, -0.2) is 9.18 Å². The molecule has 1 saturated heterocycles. The molecule has 3 unspecified atom stereocenters. The zero-order valence-electron chi connectivity index (χ0n) is 18.2. The molecular weight excluding hydrogens is 431 g/mol. The number of benzene rings is 1. The molecule has 3 rings (SSSR count). The van der Waals surface area contributed by atoms with Gasteiger partial charge in [-0.05, 0) is 18.1 Å². The molecule has 176 valence electrons. The van der Waals surface area contributed by atoms with E-state index in [-0.39, 0.29) is 36.5 Å². The number of aromatic hydroxyl groups is 1. The molecule has 0 bridgehead atoms. The molecule has 1 aliphatic heterocycles. The van der Waals surface area contributed by atoms with Crippen molar-refractivity contribution in [1.29, 1.82) is 5.26 Å². The molecule has 2 aromatic rings. The Morgan fingerprint density at radius 3 is 2.94 bits per heavy atom. The van der Waals surface area contributed by atoms with Crippen LogP contribution in [0.4, 0.5) is 15.0 Å². The van der Waals surface area contributed by atoms with Gasteiger partial charge in [0.2, 0.25) is 0 Å². The number of nitrogens with two attached hydrogens (primary N) is 1. The number of anilines is 1. The number of aliphatic hydroxyl groups excluding tert-OH is 1. The van der Waals surface area contributed by atoms with Gasteiger partial charge in [-0.2, -0.15) is 10.4 Å². The molecule has 0 aliphatic carbocycles. The number of carbonyl (C=O) groups is 1. The molecule has 0 radical (unpaired) electrons. The van der Waals surface area contributed by atoms with Crippen LogP contribution in [0.1, 0.15) is 35.8 Å². The Balaban J connectivity index is 1.85. The van der Waals surface area contributed by atoms with Crippen molar-refractivity contribution in [3.63, 3.8) is 0 Å². The third kappa shape index (κ3) is 4.98. The second-order valence-corrected chi connectivity index (χ2v) is 7.93. The number of ether oxygens (including phenoxy) is 1. The van der Waals surface area contributed by atoms with Crippen molar-refractivity contribution < 1.29 is 24.1 Å². The summed E-state index contributed by atoms with van der Waals surface area (Å²) in [5, 5.41) is 36.0. The number of aromatic nitrogens is 2. The van der Waals surface area contributed by atoms with Crippen LogP contribution in [0, 0.1) is 11.3 Å². The Bertz CT molecular complexity index is 1070. The molecule has 1 aliphatic rings. The fraction of sp³-hybridized carbons (Fsp3) is 0.409. The third-order valence-corrected chi connectivity index (χ3v) is 5.89. The molecule has 5 N–H and O–H groups in total. The number of phenols is 1. The fourth-order valence-corrected chi connectivity index (χ4v) is 4.01. The number of piperidine rings is 1. The van der Waals surface area contributed by atoms with E-state index >= 15 is 4.39 Å². The van der Waals surface area contributed by atoms with E-state index in [0.29, 0.717) is 18.7 Å². The maximum Gasteiger partial charge on any atom is 0.412 e. The first-order valence-corrected chi connectivity index (χ1v) is 10.3. The maximum atomic E-state index is 15.7. The average Bonchev–Trinajstić information content (AvgIpc) is 3.20. The van der Waals surface area contributed by atoms with Gasteiger partial charge in [-0.1, -0.05) is 24.8 Å². The number of aliphatic hydroxyl groups is 1. The van der Waals surface area contributed by atoms with Crippen LogP contribution in [0.3, 0.4) is 0 Å². The average molecular weight is 458 g/mol. The molecule has 11 heteroatoms. The first kappa shape index (κ1) is 24.2. The van der Waals surface area contributed by atoms with Crippen molar-refractivity contribution >= 4 is 18.0 Å². The number of nitrogens with zero attached hydrogens (tertiary/aromatic N) is 4. The highest BCUT2D eigenvalue weighted by Gasteiger charge is 2.46. The lowest BCUT2D eigenvalue weighted by Gasteiger charge is -2.43. The van der Waals surface area contributed by atoms with Crippen LogP contribution in [0.15, 0.2) is 31.0 Å². The summed E-state index contributed by atoms with van der Waals surface area (Å²) in [6.07, 6.45) is -0.812. The fourth-order valence-electron chi connectivity index (χ4n) is 4.01. The number of amides is 1. The molecule has 10 nitrogen and oxygen atoms in total. The summed E-state index contributed by atoms with van der Waals surface area (Å²) in [6, 6.07) is 7.24. The first-order chi connectivity index (χ1) is 15.7. The third-order valence-electron chi connectivity index (χ3n) is 5.89. The van der Waals surface area contributed by atoms with Crippen LogP contribution in [0.5, 0.6) is 5.75 Å². The van der Waals surface area contributed by atoms with Gasteiger partial charge in [-0.3, -0.25) is 14.9 Å². The van der Waals surface area contributed by atoms with Crippen molar-refractivity contribution in [3.05, 3.63) is 47.7 Å². The van der Waals surface area contributed by atoms with Crippen molar-refractivity contribution in [1.82, 2.24) is 14.7 Å². The van der Waals surface area contributed by atoms with E-state index in [0.717, 1.165) is 5.56 Å². The lowest BCUT2D eigenvalue weighted by molar-refractivity contribution is 0.00679. The minimum absolute atomic E-state index is 0.0196. The van der Waals surface area contributed by atoms with E-state index in [4.69, 9.17) is 5.73 Å². The smallest absolute Gasteiger partial charge is 0.412 e. The molecule has 0 spiro atoms. The molecular formula is C22H27FN6O4. The van der Waals surface area contributed by atoms with Crippen LogP contribution in [-0.2, 0) is 16.8 Å². The van der Waals surface area contributed by atoms with Gasteiger partial charge in [0.25, 0.3) is 0 Å². The summed E-state index contributed by atoms with van der Waals surface area (Å²) in [6.45, 7) is 4.52. The number of alkyl halides is 1. The molecule has 1 aromatic carbocycles. The molecule has 1 aromatic heterocycles. The van der Waals surface area contributed by atoms with Gasteiger partial charge < -0.3 is 20.7 Å². The van der Waals surface area contributed by atoms with Gasteiger partial charge >= 0.3 is 6.09 Å². The number of likely N-dealkylation sites (tertiary alicyclic amines) is 1. The SMILES string of the molecule is C=Cc1ccc(CN2CCC(CC#N)(n3cc(C(N)O)c(NC(=O)OC)n3)C(F)C2)cc1O. The second-order valence-electron chi connectivity index (χ2n) is 7.93. The predicted octanol–water partition coefficient (Wildman–Crippen LogP) is 2.21. The number of carbonyl (C=O) groups excluding carboxylic acids is 1. The second kappa shape index (κ2) is 9.99. The minimum Gasteiger partial charge on any atom is -0.507 e. The standard InChI is InChI=1S/C22H27FN6O4/c1-3-15-5-4-14(10-17(15)30)11-28-9-7-22(6-8-24,18(23)13-28)29-12-16(19(25)31)20(27-29)26-21(32)33-2/h3-5,10,12,18-19,30-31H,1,6-7,9,11,13,25H2,2H3,(H,26,27,32). The molecule has 1 fully saturated rings. The van der Waals surface area contributed by atoms with Crippen LogP contribution in [-0.4, -0.2) is 57.4 Å². The first-order valence-electron chi connectivity index (χ1n) is 10.3.